The maximum absolute atomic E-state index is 13.1. The number of carbonyl (C=O) groups excluding carboxylic acids is 2. The molecule has 2 bridgehead atoms. The first-order chi connectivity index (χ1) is 17.5. The van der Waals surface area contributed by atoms with Crippen LogP contribution in [0.25, 0.3) is 0 Å². The van der Waals surface area contributed by atoms with Gasteiger partial charge in [0.15, 0.2) is 0 Å². The van der Waals surface area contributed by atoms with Crippen molar-refractivity contribution in [1.29, 1.82) is 5.26 Å². The lowest BCUT2D eigenvalue weighted by molar-refractivity contribution is -0.340. The van der Waals surface area contributed by atoms with Crippen LogP contribution >= 0.6 is 11.6 Å². The van der Waals surface area contributed by atoms with Crippen LogP contribution in [0.3, 0.4) is 0 Å². The van der Waals surface area contributed by atoms with E-state index in [1.807, 2.05) is 11.8 Å². The van der Waals surface area contributed by atoms with Crippen LogP contribution in [0.5, 0.6) is 0 Å². The van der Waals surface area contributed by atoms with E-state index in [-0.39, 0.29) is 66.2 Å². The van der Waals surface area contributed by atoms with Crippen molar-refractivity contribution in [2.45, 2.75) is 68.6 Å². The molecule has 0 radical (unpaired) electrons. The van der Waals surface area contributed by atoms with Gasteiger partial charge in [0.1, 0.15) is 6.07 Å². The van der Waals surface area contributed by atoms with Crippen LogP contribution in [-0.4, -0.2) is 46.8 Å². The van der Waals surface area contributed by atoms with E-state index in [1.54, 1.807) is 12.1 Å². The quantitative estimate of drug-likeness (QED) is 0.555. The van der Waals surface area contributed by atoms with Crippen LogP contribution in [0, 0.1) is 16.7 Å². The Bertz CT molecular complexity index is 1350. The highest BCUT2D eigenvalue weighted by atomic mass is 35.5. The van der Waals surface area contributed by atoms with Gasteiger partial charge in [-0.15, -0.1) is 5.10 Å². The summed E-state index contributed by atoms with van der Waals surface area (Å²) in [5.74, 6) is -1.12. The molecule has 3 saturated carbocycles. The van der Waals surface area contributed by atoms with Crippen molar-refractivity contribution < 1.29 is 27.2 Å². The van der Waals surface area contributed by atoms with Crippen molar-refractivity contribution in [3.63, 3.8) is 0 Å². The lowest BCUT2D eigenvalue weighted by atomic mass is 9.34. The number of nitrogens with zero attached hydrogens (tertiary/aromatic N) is 4. The molecule has 3 aliphatic carbocycles. The molecule has 3 heterocycles. The molecule has 7 rings (SSSR count). The maximum Gasteiger partial charge on any atom is 0.394 e. The number of aromatic nitrogens is 2. The van der Waals surface area contributed by atoms with E-state index in [2.05, 4.69) is 26.9 Å². The third kappa shape index (κ3) is 3.43. The number of piperidine rings is 1. The van der Waals surface area contributed by atoms with Crippen LogP contribution in [0.4, 0.5) is 24.9 Å². The highest BCUT2D eigenvalue weighted by Crippen LogP contribution is 2.78. The number of nitrogens with one attached hydrogen (secondary N) is 2. The van der Waals surface area contributed by atoms with Crippen molar-refractivity contribution in [3.05, 3.63) is 34.2 Å². The second-order valence-electron chi connectivity index (χ2n) is 10.6. The summed E-state index contributed by atoms with van der Waals surface area (Å²) in [6, 6.07) is 5.56. The Hall–Kier alpha value is -3.33. The Morgan fingerprint density at radius 2 is 2.00 bits per heavy atom. The number of hydrogen-bond acceptors (Lipinski definition) is 8. The van der Waals surface area contributed by atoms with Gasteiger partial charge in [0.2, 0.25) is 17.7 Å². The van der Waals surface area contributed by atoms with Crippen LogP contribution in [0.1, 0.15) is 62.0 Å². The van der Waals surface area contributed by atoms with Gasteiger partial charge < -0.3 is 14.6 Å². The first-order valence-electron chi connectivity index (χ1n) is 12.0. The summed E-state index contributed by atoms with van der Waals surface area (Å²) in [4.78, 5) is 25.8. The van der Waals surface area contributed by atoms with E-state index in [0.29, 0.717) is 24.2 Å². The van der Waals surface area contributed by atoms with Crippen LogP contribution in [-0.2, 0) is 15.0 Å². The fraction of sp³-hybridized carbons (Fsp3) is 0.542. The molecule has 9 nitrogen and oxygen atoms in total. The van der Waals surface area contributed by atoms with Gasteiger partial charge in [-0.2, -0.15) is 18.4 Å². The number of alkyl halides is 3. The third-order valence-electron chi connectivity index (χ3n) is 8.47. The van der Waals surface area contributed by atoms with Crippen molar-refractivity contribution >= 4 is 35.1 Å². The Balaban J connectivity index is 1.12. The number of benzene rings is 1. The zero-order valence-corrected chi connectivity index (χ0v) is 20.4. The first-order valence-corrected chi connectivity index (χ1v) is 12.3. The Kier molecular flexibility index (Phi) is 5.09. The summed E-state index contributed by atoms with van der Waals surface area (Å²) in [5.41, 5.74) is -0.884. The van der Waals surface area contributed by atoms with Crippen LogP contribution in [0.15, 0.2) is 16.5 Å². The molecule has 0 spiro atoms. The van der Waals surface area contributed by atoms with E-state index in [4.69, 9.17) is 16.0 Å². The number of nitriles is 1. The summed E-state index contributed by atoms with van der Waals surface area (Å²) in [6.45, 7) is 2.43. The summed E-state index contributed by atoms with van der Waals surface area (Å²) in [6.07, 6.45) is -3.70. The monoisotopic (exact) mass is 534 g/mol. The van der Waals surface area contributed by atoms with Gasteiger partial charge in [0, 0.05) is 19.0 Å². The largest absolute Gasteiger partial charge is 0.408 e. The molecule has 5 aliphatic rings. The predicted molar refractivity (Wildman–Crippen MR) is 124 cm³/mol. The van der Waals surface area contributed by atoms with E-state index >= 15 is 0 Å². The number of hydrogen-bond donors (Lipinski definition) is 2. The average molecular weight is 535 g/mol. The van der Waals surface area contributed by atoms with Gasteiger partial charge in [-0.05, 0) is 44.2 Å². The molecule has 1 aromatic carbocycles. The van der Waals surface area contributed by atoms with Crippen LogP contribution < -0.4 is 15.5 Å². The number of anilines is 2. The Morgan fingerprint density at radius 1 is 1.27 bits per heavy atom. The molecule has 2 saturated heterocycles. The molecule has 2 N–H and O–H groups in total. The SMILES string of the molecule is C[C@@H]1[C@@H](Nc2nnc(C34CC(C(F)(F)F)(C3)C4)o2)CN1c1ccc(C2CCC(=O)NC2=O)c(Cl)c1C#N. The summed E-state index contributed by atoms with van der Waals surface area (Å²) in [7, 11) is 0. The number of imide groups is 1. The Morgan fingerprint density at radius 3 is 2.62 bits per heavy atom. The molecule has 194 valence electrons. The van der Waals surface area contributed by atoms with Gasteiger partial charge in [-0.25, -0.2) is 0 Å². The van der Waals surface area contributed by atoms with E-state index in [1.165, 1.54) is 0 Å². The minimum atomic E-state index is -4.20. The second kappa shape index (κ2) is 7.84. The number of rotatable bonds is 5. The second-order valence-corrected chi connectivity index (χ2v) is 11.0. The molecular weight excluding hydrogens is 513 g/mol. The molecule has 3 atom stereocenters. The molecule has 2 aliphatic heterocycles. The smallest absolute Gasteiger partial charge is 0.394 e. The highest BCUT2D eigenvalue weighted by Gasteiger charge is 2.80. The van der Waals surface area contributed by atoms with E-state index in [9.17, 15) is 28.0 Å². The zero-order valence-electron chi connectivity index (χ0n) is 19.7. The normalized spacial score (nSPS) is 32.5. The topological polar surface area (TPSA) is 124 Å². The van der Waals surface area contributed by atoms with Crippen LogP contribution in [0.2, 0.25) is 5.02 Å². The van der Waals surface area contributed by atoms with Crippen molar-refractivity contribution in [2.24, 2.45) is 5.41 Å². The minimum Gasteiger partial charge on any atom is -0.408 e. The molecule has 37 heavy (non-hydrogen) atoms. The minimum absolute atomic E-state index is 0.00867. The van der Waals surface area contributed by atoms with E-state index < -0.39 is 28.8 Å². The van der Waals surface area contributed by atoms with Gasteiger partial charge in [0.05, 0.1) is 39.1 Å². The van der Waals surface area contributed by atoms with Gasteiger partial charge in [-0.1, -0.05) is 22.8 Å². The number of carbonyl (C=O) groups is 2. The molecule has 13 heteroatoms. The standard InChI is InChI=1S/C24H22ClF3N6O3/c1-11-15(30-21-33-32-20(37-21)22-8-23(9-22,10-22)24(26,27)28)7-34(11)16-4-2-12(18(25)14(16)6-29)13-3-5-17(35)31-19(13)36/h2,4,11,13,15H,3,5,7-10H2,1H3,(H,30,33)(H,31,35,36)/t11-,13?,15+,22?,23?/m1/s1. The van der Waals surface area contributed by atoms with Crippen molar-refractivity contribution in [1.82, 2.24) is 15.5 Å². The maximum atomic E-state index is 13.1. The summed E-state index contributed by atoms with van der Waals surface area (Å²) < 4.78 is 45.1. The molecule has 1 aromatic heterocycles. The lowest BCUT2D eigenvalue weighted by Crippen LogP contribution is -2.70. The predicted octanol–water partition coefficient (Wildman–Crippen LogP) is 3.79. The molecular formula is C24H22ClF3N6O3. The molecule has 5 fully saturated rings. The highest BCUT2D eigenvalue weighted by molar-refractivity contribution is 6.33. The molecule has 2 aromatic rings. The van der Waals surface area contributed by atoms with Gasteiger partial charge >= 0.3 is 12.2 Å². The average Bonchev–Trinajstić information content (AvgIpc) is 3.22. The first kappa shape index (κ1) is 24.0. The molecule has 2 amide bonds. The van der Waals surface area contributed by atoms with Gasteiger partial charge in [-0.3, -0.25) is 14.9 Å². The summed E-state index contributed by atoms with van der Waals surface area (Å²) >= 11 is 6.56. The van der Waals surface area contributed by atoms with E-state index in [0.717, 1.165) is 0 Å². The summed E-state index contributed by atoms with van der Waals surface area (Å²) in [5, 5.41) is 23.5. The fourth-order valence-electron chi connectivity index (χ4n) is 6.25. The fourth-order valence-corrected chi connectivity index (χ4v) is 6.58. The number of halogens is 4. The third-order valence-corrected chi connectivity index (χ3v) is 8.88. The zero-order chi connectivity index (χ0) is 26.3. The van der Waals surface area contributed by atoms with Crippen molar-refractivity contribution in [2.75, 3.05) is 16.8 Å². The Labute approximate surface area is 214 Å². The lowest BCUT2D eigenvalue weighted by Gasteiger charge is -2.68. The van der Waals surface area contributed by atoms with Crippen molar-refractivity contribution in [3.8, 4) is 6.07 Å². The number of amides is 2. The molecule has 1 unspecified atom stereocenters. The van der Waals surface area contributed by atoms with Gasteiger partial charge in [0.25, 0.3) is 0 Å².